The Kier molecular flexibility index (Phi) is 6.21. The maximum atomic E-state index is 12.0. The number of benzene rings is 2. The van der Waals surface area contributed by atoms with E-state index in [1.807, 2.05) is 49.4 Å². The molecule has 0 saturated heterocycles. The number of hydrogen-bond donors (Lipinski definition) is 1. The second-order valence-electron chi connectivity index (χ2n) is 6.17. The van der Waals surface area contributed by atoms with Crippen LogP contribution in [0.1, 0.15) is 30.9 Å². The highest BCUT2D eigenvalue weighted by molar-refractivity contribution is 5.77. The molecule has 2 aromatic rings. The molecule has 0 heterocycles. The molecule has 0 aliphatic rings. The summed E-state index contributed by atoms with van der Waals surface area (Å²) in [5, 5.41) is 2.98. The fraction of sp³-hybridized carbons (Fsp3) is 0.350. The summed E-state index contributed by atoms with van der Waals surface area (Å²) in [5.74, 6) is 1.39. The van der Waals surface area contributed by atoms with Crippen LogP contribution in [0.5, 0.6) is 5.75 Å². The van der Waals surface area contributed by atoms with E-state index in [4.69, 9.17) is 4.74 Å². The molecular weight excluding hydrogens is 286 g/mol. The molecule has 1 unspecified atom stereocenters. The molecule has 1 atom stereocenters. The second-order valence-corrected chi connectivity index (χ2v) is 6.17. The van der Waals surface area contributed by atoms with Crippen molar-refractivity contribution in [3.8, 4) is 5.75 Å². The molecule has 0 saturated carbocycles. The average molecular weight is 311 g/mol. The van der Waals surface area contributed by atoms with Gasteiger partial charge in [-0.1, -0.05) is 56.3 Å². The fourth-order valence-corrected chi connectivity index (χ4v) is 2.57. The first-order valence-electron chi connectivity index (χ1n) is 8.07. The zero-order valence-corrected chi connectivity index (χ0v) is 14.1. The van der Waals surface area contributed by atoms with Crippen LogP contribution in [0, 0.1) is 12.8 Å². The maximum Gasteiger partial charge on any atom is 0.257 e. The lowest BCUT2D eigenvalue weighted by Crippen LogP contribution is -2.33. The monoisotopic (exact) mass is 311 g/mol. The molecule has 0 radical (unpaired) electrons. The van der Waals surface area contributed by atoms with Crippen LogP contribution in [0.4, 0.5) is 0 Å². The number of carbonyl (C=O) groups excluding carboxylic acids is 1. The second kappa shape index (κ2) is 8.37. The van der Waals surface area contributed by atoms with Crippen LogP contribution in [0.15, 0.2) is 54.6 Å². The normalized spacial score (nSPS) is 12.0. The van der Waals surface area contributed by atoms with Crippen molar-refractivity contribution in [1.82, 2.24) is 5.32 Å². The topological polar surface area (TPSA) is 38.3 Å². The predicted molar refractivity (Wildman–Crippen MR) is 93.7 cm³/mol. The molecule has 1 amide bonds. The molecule has 0 bridgehead atoms. The van der Waals surface area contributed by atoms with Crippen LogP contribution >= 0.6 is 0 Å². The Morgan fingerprint density at radius 2 is 1.83 bits per heavy atom. The van der Waals surface area contributed by atoms with E-state index in [2.05, 4.69) is 31.3 Å². The van der Waals surface area contributed by atoms with Gasteiger partial charge in [0.15, 0.2) is 6.61 Å². The van der Waals surface area contributed by atoms with Crippen molar-refractivity contribution < 1.29 is 9.53 Å². The van der Waals surface area contributed by atoms with Gasteiger partial charge in [-0.3, -0.25) is 4.79 Å². The van der Waals surface area contributed by atoms with Gasteiger partial charge < -0.3 is 10.1 Å². The predicted octanol–water partition coefficient (Wildman–Crippen LogP) is 3.93. The van der Waals surface area contributed by atoms with Crippen molar-refractivity contribution in [3.63, 3.8) is 0 Å². The Bertz CT molecular complexity index is 623. The van der Waals surface area contributed by atoms with E-state index < -0.39 is 0 Å². The average Bonchev–Trinajstić information content (AvgIpc) is 2.54. The quantitative estimate of drug-likeness (QED) is 0.841. The molecule has 3 heteroatoms. The van der Waals surface area contributed by atoms with E-state index in [1.54, 1.807) is 0 Å². The van der Waals surface area contributed by atoms with Gasteiger partial charge in [0.25, 0.3) is 5.91 Å². The Hall–Kier alpha value is -2.29. The zero-order chi connectivity index (χ0) is 16.7. The lowest BCUT2D eigenvalue weighted by molar-refractivity contribution is -0.123. The summed E-state index contributed by atoms with van der Waals surface area (Å²) < 4.78 is 5.54. The number of rotatable bonds is 7. The van der Waals surface area contributed by atoms with Crippen molar-refractivity contribution in [2.45, 2.75) is 26.7 Å². The molecule has 0 aliphatic heterocycles. The Morgan fingerprint density at radius 3 is 2.48 bits per heavy atom. The number of aryl methyl sites for hydroxylation is 1. The third-order valence-electron chi connectivity index (χ3n) is 3.91. The van der Waals surface area contributed by atoms with Crippen molar-refractivity contribution >= 4 is 5.91 Å². The van der Waals surface area contributed by atoms with Crippen molar-refractivity contribution in [1.29, 1.82) is 0 Å². The molecule has 23 heavy (non-hydrogen) atoms. The van der Waals surface area contributed by atoms with Gasteiger partial charge in [-0.25, -0.2) is 0 Å². The number of amides is 1. The Balaban J connectivity index is 1.85. The molecule has 3 nitrogen and oxygen atoms in total. The van der Waals surface area contributed by atoms with E-state index in [1.165, 1.54) is 5.56 Å². The summed E-state index contributed by atoms with van der Waals surface area (Å²) in [6.45, 7) is 7.01. The molecule has 2 aromatic carbocycles. The minimum Gasteiger partial charge on any atom is -0.484 e. The minimum absolute atomic E-state index is 0.0447. The van der Waals surface area contributed by atoms with Crippen molar-refractivity contribution in [3.05, 3.63) is 65.7 Å². The van der Waals surface area contributed by atoms with Crippen LogP contribution in [0.2, 0.25) is 0 Å². The molecule has 122 valence electrons. The number of nitrogens with one attached hydrogen (secondary N) is 1. The zero-order valence-electron chi connectivity index (χ0n) is 14.1. The van der Waals surface area contributed by atoms with E-state index in [0.29, 0.717) is 18.4 Å². The van der Waals surface area contributed by atoms with E-state index in [0.717, 1.165) is 11.3 Å². The SMILES string of the molecule is Cc1cccc(OCC(=O)NCC(c2ccccc2)C(C)C)c1. The molecule has 2 rings (SSSR count). The van der Waals surface area contributed by atoms with E-state index in [9.17, 15) is 4.79 Å². The first-order chi connectivity index (χ1) is 11.1. The molecule has 0 spiro atoms. The van der Waals surface area contributed by atoms with Gasteiger partial charge in [0.05, 0.1) is 0 Å². The summed E-state index contributed by atoms with van der Waals surface area (Å²) in [5.41, 5.74) is 2.37. The van der Waals surface area contributed by atoms with Gasteiger partial charge in [-0.05, 0) is 36.1 Å². The van der Waals surface area contributed by atoms with E-state index >= 15 is 0 Å². The van der Waals surface area contributed by atoms with Gasteiger partial charge in [-0.15, -0.1) is 0 Å². The summed E-state index contributed by atoms with van der Waals surface area (Å²) >= 11 is 0. The van der Waals surface area contributed by atoms with Gasteiger partial charge in [-0.2, -0.15) is 0 Å². The van der Waals surface area contributed by atoms with E-state index in [-0.39, 0.29) is 12.5 Å². The number of hydrogen-bond acceptors (Lipinski definition) is 2. The number of ether oxygens (including phenoxy) is 1. The van der Waals surface area contributed by atoms with Gasteiger partial charge in [0, 0.05) is 12.5 Å². The summed E-state index contributed by atoms with van der Waals surface area (Å²) in [4.78, 5) is 12.0. The molecule has 0 aliphatic carbocycles. The first kappa shape index (κ1) is 17.1. The van der Waals surface area contributed by atoms with Gasteiger partial charge in [0.1, 0.15) is 5.75 Å². The lowest BCUT2D eigenvalue weighted by atomic mass is 9.88. The third-order valence-corrected chi connectivity index (χ3v) is 3.91. The van der Waals surface area contributed by atoms with Crippen molar-refractivity contribution in [2.24, 2.45) is 5.92 Å². The maximum absolute atomic E-state index is 12.0. The van der Waals surface area contributed by atoms with Crippen molar-refractivity contribution in [2.75, 3.05) is 13.2 Å². The highest BCUT2D eigenvalue weighted by Gasteiger charge is 2.16. The summed E-state index contributed by atoms with van der Waals surface area (Å²) in [6, 6.07) is 18.0. The summed E-state index contributed by atoms with van der Waals surface area (Å²) in [6.07, 6.45) is 0. The van der Waals surface area contributed by atoms with Crippen LogP contribution in [-0.2, 0) is 4.79 Å². The fourth-order valence-electron chi connectivity index (χ4n) is 2.57. The van der Waals surface area contributed by atoms with Crippen LogP contribution in [0.25, 0.3) is 0 Å². The van der Waals surface area contributed by atoms with Gasteiger partial charge >= 0.3 is 0 Å². The largest absolute Gasteiger partial charge is 0.484 e. The third kappa shape index (κ3) is 5.44. The molecule has 1 N–H and O–H groups in total. The minimum atomic E-state index is -0.0897. The van der Waals surface area contributed by atoms with Crippen LogP contribution in [-0.4, -0.2) is 19.1 Å². The standard InChI is InChI=1S/C20H25NO2/c1-15(2)19(17-9-5-4-6-10-17)13-21-20(22)14-23-18-11-7-8-16(3)12-18/h4-12,15,19H,13-14H2,1-3H3,(H,21,22). The van der Waals surface area contributed by atoms with Crippen LogP contribution < -0.4 is 10.1 Å². The molecular formula is C20H25NO2. The number of carbonyl (C=O) groups is 1. The van der Waals surface area contributed by atoms with Crippen LogP contribution in [0.3, 0.4) is 0 Å². The highest BCUT2D eigenvalue weighted by atomic mass is 16.5. The first-order valence-corrected chi connectivity index (χ1v) is 8.07. The highest BCUT2D eigenvalue weighted by Crippen LogP contribution is 2.23. The lowest BCUT2D eigenvalue weighted by Gasteiger charge is -2.22. The Morgan fingerprint density at radius 1 is 1.09 bits per heavy atom. The Labute approximate surface area is 138 Å². The van der Waals surface area contributed by atoms with Gasteiger partial charge in [0.2, 0.25) is 0 Å². The summed E-state index contributed by atoms with van der Waals surface area (Å²) in [7, 11) is 0. The molecule has 0 aromatic heterocycles. The smallest absolute Gasteiger partial charge is 0.257 e. The molecule has 0 fully saturated rings.